The predicted octanol–water partition coefficient (Wildman–Crippen LogP) is 4.12. The number of fused-ring (bicyclic) bond motifs is 1. The summed E-state index contributed by atoms with van der Waals surface area (Å²) in [6.45, 7) is 7.83. The number of hydrogen-bond donors (Lipinski definition) is 2. The summed E-state index contributed by atoms with van der Waals surface area (Å²) in [5.41, 5.74) is 2.94. The maximum Gasteiger partial charge on any atom is 0.410 e. The number of ether oxygens (including phenoxy) is 2. The summed E-state index contributed by atoms with van der Waals surface area (Å²) in [5.74, 6) is 0.734. The maximum atomic E-state index is 12.4. The van der Waals surface area contributed by atoms with Gasteiger partial charge in [0.1, 0.15) is 5.60 Å². The van der Waals surface area contributed by atoms with E-state index in [9.17, 15) is 9.90 Å². The first-order chi connectivity index (χ1) is 17.7. The van der Waals surface area contributed by atoms with Crippen LogP contribution in [0.4, 0.5) is 10.7 Å². The molecule has 0 bridgehead atoms. The number of amides is 1. The smallest absolute Gasteiger partial charge is 0.410 e. The number of aromatic nitrogens is 4. The third kappa shape index (κ3) is 5.81. The zero-order valence-electron chi connectivity index (χ0n) is 21.4. The molecule has 2 saturated heterocycles. The number of rotatable bonds is 4. The third-order valence-electron chi connectivity index (χ3n) is 6.80. The molecule has 2 N–H and O–H groups in total. The zero-order valence-corrected chi connectivity index (χ0v) is 22.1. The second kappa shape index (κ2) is 10.4. The number of likely N-dealkylation sites (tertiary alicyclic amines) is 1. The summed E-state index contributed by atoms with van der Waals surface area (Å²) in [6, 6.07) is 3.96. The second-order valence-electron chi connectivity index (χ2n) is 10.7. The molecule has 3 aromatic rings. The Hall–Kier alpha value is -2.95. The average Bonchev–Trinajstić information content (AvgIpc) is 3.29. The Morgan fingerprint density at radius 1 is 1.22 bits per heavy atom. The van der Waals surface area contributed by atoms with E-state index < -0.39 is 11.7 Å². The van der Waals surface area contributed by atoms with Crippen molar-refractivity contribution >= 4 is 29.2 Å². The number of carbonyl (C=O) groups excluding carboxylic acids is 1. The number of anilines is 1. The Bertz CT molecular complexity index is 1270. The van der Waals surface area contributed by atoms with Crippen LogP contribution in [0.3, 0.4) is 0 Å². The van der Waals surface area contributed by atoms with Crippen LogP contribution in [0, 0.1) is 0 Å². The van der Waals surface area contributed by atoms with Gasteiger partial charge in [-0.05, 0) is 57.6 Å². The van der Waals surface area contributed by atoms with Gasteiger partial charge in [0.2, 0.25) is 5.95 Å². The van der Waals surface area contributed by atoms with Crippen LogP contribution in [0.15, 0.2) is 30.7 Å². The lowest BCUT2D eigenvalue weighted by atomic mass is 9.90. The Labute approximate surface area is 220 Å². The third-order valence-corrected chi connectivity index (χ3v) is 7.07. The number of nitrogens with one attached hydrogen (secondary N) is 1. The minimum atomic E-state index is -0.622. The fourth-order valence-electron chi connectivity index (χ4n) is 4.83. The summed E-state index contributed by atoms with van der Waals surface area (Å²) >= 11 is 6.49. The molecule has 2 fully saturated rings. The maximum absolute atomic E-state index is 12.4. The van der Waals surface area contributed by atoms with Crippen molar-refractivity contribution in [3.05, 3.63) is 41.3 Å². The first-order valence-corrected chi connectivity index (χ1v) is 13.1. The highest BCUT2D eigenvalue weighted by atomic mass is 35.5. The van der Waals surface area contributed by atoms with Gasteiger partial charge in [-0.25, -0.2) is 19.3 Å². The van der Waals surface area contributed by atoms with Crippen molar-refractivity contribution < 1.29 is 19.4 Å². The number of halogens is 1. The molecule has 0 radical (unpaired) electrons. The molecule has 5 rings (SSSR count). The van der Waals surface area contributed by atoms with E-state index in [0.717, 1.165) is 23.9 Å². The lowest BCUT2D eigenvalue weighted by Gasteiger charge is -2.33. The molecule has 3 aromatic heterocycles. The number of hydrogen-bond acceptors (Lipinski definition) is 8. The van der Waals surface area contributed by atoms with Crippen LogP contribution >= 0.6 is 11.6 Å². The summed E-state index contributed by atoms with van der Waals surface area (Å²) in [4.78, 5) is 23.1. The molecule has 11 heteroatoms. The Balaban J connectivity index is 1.31. The normalized spacial score (nSPS) is 21.3. The molecule has 37 heavy (non-hydrogen) atoms. The predicted molar refractivity (Wildman–Crippen MR) is 140 cm³/mol. The molecule has 198 valence electrons. The van der Waals surface area contributed by atoms with Crippen LogP contribution in [0.2, 0.25) is 5.02 Å². The quantitative estimate of drug-likeness (QED) is 0.520. The number of aliphatic hydroxyl groups is 1. The molecular formula is C26H33ClN6O4. The van der Waals surface area contributed by atoms with Crippen LogP contribution < -0.4 is 5.32 Å². The second-order valence-corrected chi connectivity index (χ2v) is 11.1. The van der Waals surface area contributed by atoms with Crippen LogP contribution in [-0.2, 0) is 9.47 Å². The van der Waals surface area contributed by atoms with Crippen LogP contribution in [0.1, 0.15) is 51.5 Å². The van der Waals surface area contributed by atoms with Gasteiger partial charge in [-0.15, -0.1) is 0 Å². The standard InChI is InChI=1S/C26H33ClN6O4/c1-26(2,3)37-25(35)32-9-6-16(7-10-32)17-4-5-21-18(12-29-33(21)14-17)23-19(27)13-28-24(31-23)30-20-8-11-36-15-22(20)34/h4-5,12-14,16,20,22,34H,6-11,15H2,1-3H3,(H,28,30,31)/t20-,22-/m1/s1. The molecule has 0 spiro atoms. The highest BCUT2D eigenvalue weighted by Crippen LogP contribution is 2.33. The van der Waals surface area contributed by atoms with E-state index >= 15 is 0 Å². The van der Waals surface area contributed by atoms with Crippen LogP contribution in [0.5, 0.6) is 0 Å². The van der Waals surface area contributed by atoms with E-state index in [1.165, 1.54) is 5.56 Å². The van der Waals surface area contributed by atoms with Gasteiger partial charge in [0.25, 0.3) is 0 Å². The number of piperidine rings is 1. The van der Waals surface area contributed by atoms with Gasteiger partial charge in [-0.2, -0.15) is 5.10 Å². The fourth-order valence-corrected chi connectivity index (χ4v) is 5.02. The van der Waals surface area contributed by atoms with Crippen molar-refractivity contribution in [3.8, 4) is 11.3 Å². The van der Waals surface area contributed by atoms with Gasteiger partial charge < -0.3 is 24.8 Å². The Kier molecular flexibility index (Phi) is 7.24. The van der Waals surface area contributed by atoms with Crippen LogP contribution in [-0.4, -0.2) is 79.7 Å². The lowest BCUT2D eigenvalue weighted by Crippen LogP contribution is -2.42. The van der Waals surface area contributed by atoms with E-state index in [0.29, 0.717) is 48.7 Å². The van der Waals surface area contributed by atoms with Gasteiger partial charge in [0.15, 0.2) is 0 Å². The lowest BCUT2D eigenvalue weighted by molar-refractivity contribution is -0.0136. The molecule has 0 aromatic carbocycles. The zero-order chi connectivity index (χ0) is 26.2. The number of carbonyl (C=O) groups is 1. The molecule has 0 aliphatic carbocycles. The largest absolute Gasteiger partial charge is 0.444 e. The van der Waals surface area contributed by atoms with E-state index in [-0.39, 0.29) is 18.7 Å². The molecule has 2 aliphatic rings. The topological polar surface area (TPSA) is 114 Å². The van der Waals surface area contributed by atoms with Gasteiger partial charge in [0, 0.05) is 31.5 Å². The average molecular weight is 529 g/mol. The molecule has 0 unspecified atom stereocenters. The van der Waals surface area contributed by atoms with Crippen molar-refractivity contribution in [1.29, 1.82) is 0 Å². The minimum absolute atomic E-state index is 0.184. The number of pyridine rings is 1. The Morgan fingerprint density at radius 2 is 2.00 bits per heavy atom. The number of nitrogens with zero attached hydrogens (tertiary/aromatic N) is 5. The van der Waals surface area contributed by atoms with Gasteiger partial charge in [-0.3, -0.25) is 0 Å². The minimum Gasteiger partial charge on any atom is -0.444 e. The van der Waals surface area contributed by atoms with Gasteiger partial charge >= 0.3 is 6.09 Å². The van der Waals surface area contributed by atoms with Crippen molar-refractivity contribution in [2.24, 2.45) is 0 Å². The summed E-state index contributed by atoms with van der Waals surface area (Å²) < 4.78 is 12.7. The molecule has 2 aliphatic heterocycles. The summed E-state index contributed by atoms with van der Waals surface area (Å²) in [6.07, 6.45) is 6.88. The van der Waals surface area contributed by atoms with Crippen molar-refractivity contribution in [2.75, 3.05) is 31.6 Å². The first kappa shape index (κ1) is 25.7. The molecule has 10 nitrogen and oxygen atoms in total. The van der Waals surface area contributed by atoms with E-state index in [4.69, 9.17) is 21.1 Å². The van der Waals surface area contributed by atoms with Gasteiger partial charge in [0.05, 0.1) is 47.4 Å². The summed E-state index contributed by atoms with van der Waals surface area (Å²) in [5, 5.41) is 18.4. The molecule has 5 heterocycles. The molecular weight excluding hydrogens is 496 g/mol. The van der Waals surface area contributed by atoms with Crippen molar-refractivity contribution in [2.45, 2.75) is 63.7 Å². The highest BCUT2D eigenvalue weighted by molar-refractivity contribution is 6.33. The molecule has 0 saturated carbocycles. The summed E-state index contributed by atoms with van der Waals surface area (Å²) in [7, 11) is 0. The van der Waals surface area contributed by atoms with Crippen LogP contribution in [0.25, 0.3) is 16.8 Å². The van der Waals surface area contributed by atoms with Gasteiger partial charge in [-0.1, -0.05) is 17.7 Å². The molecule has 2 atom stereocenters. The highest BCUT2D eigenvalue weighted by Gasteiger charge is 2.28. The van der Waals surface area contributed by atoms with E-state index in [1.807, 2.05) is 37.5 Å². The SMILES string of the molecule is CC(C)(C)OC(=O)N1CCC(c2ccc3c(-c4nc(N[C@@H]5CCOC[C@H]5O)ncc4Cl)cnn3c2)CC1. The van der Waals surface area contributed by atoms with Crippen molar-refractivity contribution in [1.82, 2.24) is 24.5 Å². The van der Waals surface area contributed by atoms with E-state index in [2.05, 4.69) is 26.4 Å². The monoisotopic (exact) mass is 528 g/mol. The first-order valence-electron chi connectivity index (χ1n) is 12.7. The Morgan fingerprint density at radius 3 is 2.73 bits per heavy atom. The fraction of sp³-hybridized carbons (Fsp3) is 0.538. The molecule has 1 amide bonds. The number of aliphatic hydroxyl groups excluding tert-OH is 1. The van der Waals surface area contributed by atoms with E-state index in [1.54, 1.807) is 17.3 Å². The van der Waals surface area contributed by atoms with Crippen molar-refractivity contribution in [3.63, 3.8) is 0 Å².